The molecule has 25 heavy (non-hydrogen) atoms. The Bertz CT molecular complexity index is 771. The molecule has 1 aromatic carbocycles. The Morgan fingerprint density at radius 1 is 1.08 bits per heavy atom. The third-order valence-corrected chi connectivity index (χ3v) is 3.41. The first-order valence-electron chi connectivity index (χ1n) is 7.99. The lowest BCUT2D eigenvalue weighted by atomic mass is 10.3. The minimum absolute atomic E-state index is 0.117. The number of benzene rings is 1. The second-order valence-electron chi connectivity index (χ2n) is 5.32. The fourth-order valence-electron chi connectivity index (χ4n) is 2.17. The molecule has 0 radical (unpaired) electrons. The second-order valence-corrected chi connectivity index (χ2v) is 5.32. The molecule has 0 bridgehead atoms. The van der Waals surface area contributed by atoms with Crippen molar-refractivity contribution in [2.75, 3.05) is 17.2 Å². The number of aromatic nitrogens is 1. The predicted molar refractivity (Wildman–Crippen MR) is 95.5 cm³/mol. The Hall–Kier alpha value is -3.28. The Morgan fingerprint density at radius 3 is 2.68 bits per heavy atom. The zero-order valence-electron chi connectivity index (χ0n) is 13.6. The van der Waals surface area contributed by atoms with Crippen LogP contribution in [0.25, 0.3) is 0 Å². The van der Waals surface area contributed by atoms with Crippen LogP contribution in [0.3, 0.4) is 0 Å². The van der Waals surface area contributed by atoms with Crippen molar-refractivity contribution in [3.05, 3.63) is 72.8 Å². The third-order valence-electron chi connectivity index (χ3n) is 3.41. The average molecular weight is 337 g/mol. The van der Waals surface area contributed by atoms with Crippen molar-refractivity contribution in [2.45, 2.75) is 13.0 Å². The minimum Gasteiger partial charge on any atom is -0.493 e. The molecule has 3 aromatic rings. The van der Waals surface area contributed by atoms with Crippen LogP contribution in [0, 0.1) is 0 Å². The van der Waals surface area contributed by atoms with Gasteiger partial charge in [-0.2, -0.15) is 0 Å². The number of nitrogens with one attached hydrogen (secondary N) is 2. The van der Waals surface area contributed by atoms with E-state index in [2.05, 4.69) is 15.6 Å². The van der Waals surface area contributed by atoms with Gasteiger partial charge in [0, 0.05) is 0 Å². The molecule has 0 aliphatic heterocycles. The molecule has 2 aromatic heterocycles. The SMILES string of the molecule is O=C(CCOc1ccccc1)Nc1ccc(NCc2ccco2)nc1. The maximum absolute atomic E-state index is 11.9. The summed E-state index contributed by atoms with van der Waals surface area (Å²) in [5.74, 6) is 2.18. The Labute approximate surface area is 145 Å². The van der Waals surface area contributed by atoms with E-state index in [0.717, 1.165) is 11.5 Å². The van der Waals surface area contributed by atoms with Gasteiger partial charge < -0.3 is 19.8 Å². The minimum atomic E-state index is -0.117. The van der Waals surface area contributed by atoms with Crippen molar-refractivity contribution in [1.29, 1.82) is 0 Å². The summed E-state index contributed by atoms with van der Waals surface area (Å²) in [7, 11) is 0. The van der Waals surface area contributed by atoms with E-state index in [-0.39, 0.29) is 12.3 Å². The molecule has 0 unspecified atom stereocenters. The molecule has 0 atom stereocenters. The number of amides is 1. The van der Waals surface area contributed by atoms with Crippen molar-refractivity contribution in [2.24, 2.45) is 0 Å². The zero-order chi connectivity index (χ0) is 17.3. The van der Waals surface area contributed by atoms with Gasteiger partial charge in [-0.05, 0) is 36.4 Å². The summed E-state index contributed by atoms with van der Waals surface area (Å²) in [6, 6.07) is 16.7. The standard InChI is InChI=1S/C19H19N3O3/c23-19(10-12-25-16-5-2-1-3-6-16)22-15-8-9-18(20-13-15)21-14-17-7-4-11-24-17/h1-9,11,13H,10,12,14H2,(H,20,21)(H,22,23). The molecule has 0 aliphatic rings. The van der Waals surface area contributed by atoms with Gasteiger partial charge in [0.15, 0.2) is 0 Å². The van der Waals surface area contributed by atoms with Gasteiger partial charge in [0.25, 0.3) is 0 Å². The van der Waals surface area contributed by atoms with E-state index in [4.69, 9.17) is 9.15 Å². The molecule has 0 aliphatic carbocycles. The molecular weight excluding hydrogens is 318 g/mol. The van der Waals surface area contributed by atoms with Crippen LogP contribution in [0.1, 0.15) is 12.2 Å². The van der Waals surface area contributed by atoms with Crippen molar-refractivity contribution in [3.63, 3.8) is 0 Å². The average Bonchev–Trinajstić information content (AvgIpc) is 3.16. The monoisotopic (exact) mass is 337 g/mol. The van der Waals surface area contributed by atoms with Crippen molar-refractivity contribution in [3.8, 4) is 5.75 Å². The van der Waals surface area contributed by atoms with Crippen LogP contribution in [0.4, 0.5) is 11.5 Å². The van der Waals surface area contributed by atoms with Crippen molar-refractivity contribution in [1.82, 2.24) is 4.98 Å². The molecule has 0 saturated heterocycles. The van der Waals surface area contributed by atoms with E-state index in [1.165, 1.54) is 0 Å². The summed E-state index contributed by atoms with van der Waals surface area (Å²) in [5, 5.41) is 5.94. The maximum atomic E-state index is 11.9. The highest BCUT2D eigenvalue weighted by atomic mass is 16.5. The molecule has 128 valence electrons. The van der Waals surface area contributed by atoms with Crippen molar-refractivity contribution < 1.29 is 13.9 Å². The van der Waals surface area contributed by atoms with Crippen LogP contribution >= 0.6 is 0 Å². The number of pyridine rings is 1. The number of carbonyl (C=O) groups is 1. The number of carbonyl (C=O) groups excluding carboxylic acids is 1. The molecule has 2 N–H and O–H groups in total. The lowest BCUT2D eigenvalue weighted by Crippen LogP contribution is -2.15. The number of anilines is 2. The fourth-order valence-corrected chi connectivity index (χ4v) is 2.17. The Balaban J connectivity index is 1.40. The first-order valence-corrected chi connectivity index (χ1v) is 7.99. The number of ether oxygens (including phenoxy) is 1. The van der Waals surface area contributed by atoms with E-state index in [0.29, 0.717) is 24.7 Å². The molecule has 6 heteroatoms. The topological polar surface area (TPSA) is 76.4 Å². The number of hydrogen-bond donors (Lipinski definition) is 2. The van der Waals surface area contributed by atoms with Gasteiger partial charge in [0.1, 0.15) is 17.3 Å². The summed E-state index contributed by atoms with van der Waals surface area (Å²) < 4.78 is 10.7. The summed E-state index contributed by atoms with van der Waals surface area (Å²) >= 11 is 0. The second kappa shape index (κ2) is 8.54. The summed E-state index contributed by atoms with van der Waals surface area (Å²) in [6.07, 6.45) is 3.51. The number of nitrogens with zero attached hydrogens (tertiary/aromatic N) is 1. The van der Waals surface area contributed by atoms with Gasteiger partial charge in [-0.25, -0.2) is 4.98 Å². The van der Waals surface area contributed by atoms with Crippen LogP contribution in [0.2, 0.25) is 0 Å². The summed E-state index contributed by atoms with van der Waals surface area (Å²) in [6.45, 7) is 0.884. The lowest BCUT2D eigenvalue weighted by molar-refractivity contribution is -0.116. The van der Waals surface area contributed by atoms with Gasteiger partial charge in [-0.3, -0.25) is 4.79 Å². The molecule has 0 saturated carbocycles. The Morgan fingerprint density at radius 2 is 1.96 bits per heavy atom. The summed E-state index contributed by atoms with van der Waals surface area (Å²) in [4.78, 5) is 16.2. The molecule has 0 fully saturated rings. The molecule has 6 nitrogen and oxygen atoms in total. The van der Waals surface area contributed by atoms with Crippen molar-refractivity contribution >= 4 is 17.4 Å². The lowest BCUT2D eigenvalue weighted by Gasteiger charge is -2.08. The normalized spacial score (nSPS) is 10.2. The predicted octanol–water partition coefficient (Wildman–Crippen LogP) is 3.69. The van der Waals surface area contributed by atoms with Gasteiger partial charge in [-0.1, -0.05) is 18.2 Å². The van der Waals surface area contributed by atoms with E-state index >= 15 is 0 Å². The quantitative estimate of drug-likeness (QED) is 0.655. The highest BCUT2D eigenvalue weighted by Gasteiger charge is 2.04. The van der Waals surface area contributed by atoms with Crippen LogP contribution in [-0.4, -0.2) is 17.5 Å². The molecule has 2 heterocycles. The van der Waals surface area contributed by atoms with Gasteiger partial charge in [0.2, 0.25) is 5.91 Å². The molecule has 3 rings (SSSR count). The molecule has 0 spiro atoms. The highest BCUT2D eigenvalue weighted by molar-refractivity contribution is 5.90. The number of furan rings is 1. The highest BCUT2D eigenvalue weighted by Crippen LogP contribution is 2.12. The van der Waals surface area contributed by atoms with Gasteiger partial charge in [-0.15, -0.1) is 0 Å². The first kappa shape index (κ1) is 16.6. The first-order chi connectivity index (χ1) is 12.3. The number of rotatable bonds is 8. The van der Waals surface area contributed by atoms with E-state index in [1.54, 1.807) is 24.6 Å². The third kappa shape index (κ3) is 5.39. The fraction of sp³-hybridized carbons (Fsp3) is 0.158. The summed E-state index contributed by atoms with van der Waals surface area (Å²) in [5.41, 5.74) is 0.647. The molecule has 1 amide bonds. The zero-order valence-corrected chi connectivity index (χ0v) is 13.6. The van der Waals surface area contributed by atoms with Crippen LogP contribution < -0.4 is 15.4 Å². The van der Waals surface area contributed by atoms with Gasteiger partial charge in [0.05, 0.1) is 37.7 Å². The van der Waals surface area contributed by atoms with E-state index in [9.17, 15) is 4.79 Å². The van der Waals surface area contributed by atoms with E-state index < -0.39 is 0 Å². The largest absolute Gasteiger partial charge is 0.493 e. The van der Waals surface area contributed by atoms with Crippen LogP contribution in [0.5, 0.6) is 5.75 Å². The Kier molecular flexibility index (Phi) is 5.66. The maximum Gasteiger partial charge on any atom is 0.227 e. The smallest absolute Gasteiger partial charge is 0.227 e. The van der Waals surface area contributed by atoms with Crippen LogP contribution in [-0.2, 0) is 11.3 Å². The number of hydrogen-bond acceptors (Lipinski definition) is 5. The van der Waals surface area contributed by atoms with E-state index in [1.807, 2.05) is 42.5 Å². The van der Waals surface area contributed by atoms with Gasteiger partial charge >= 0.3 is 0 Å². The molecular formula is C19H19N3O3. The number of para-hydroxylation sites is 1. The van der Waals surface area contributed by atoms with Crippen LogP contribution in [0.15, 0.2) is 71.5 Å².